The standard InChI is InChI=1S/C45H29N3S/c1-3-9-30(10-4-1)31-19-23-36(24-20-31)44-46-43(35-11-5-2-6-12-35)47-45(48-44)37-25-21-33(22-26-37)32-15-17-34(18-16-32)38-27-28-40-39-13-7-8-14-41(39)49-42(40)29-38/h1-29H. The van der Waals surface area contributed by atoms with Crippen LogP contribution >= 0.6 is 11.3 Å². The van der Waals surface area contributed by atoms with Crippen LogP contribution in [-0.2, 0) is 0 Å². The van der Waals surface area contributed by atoms with E-state index in [1.807, 2.05) is 47.7 Å². The normalized spacial score (nSPS) is 11.3. The van der Waals surface area contributed by atoms with Crippen LogP contribution in [0, 0.1) is 0 Å². The number of benzene rings is 7. The highest BCUT2D eigenvalue weighted by Gasteiger charge is 2.13. The van der Waals surface area contributed by atoms with Gasteiger partial charge in [0.1, 0.15) is 0 Å². The summed E-state index contributed by atoms with van der Waals surface area (Å²) in [6.45, 7) is 0. The Bertz CT molecular complexity index is 2560. The molecule has 2 aromatic heterocycles. The van der Waals surface area contributed by atoms with Gasteiger partial charge in [0, 0.05) is 36.9 Å². The molecule has 230 valence electrons. The van der Waals surface area contributed by atoms with Crippen LogP contribution in [0.1, 0.15) is 0 Å². The summed E-state index contributed by atoms with van der Waals surface area (Å²) in [5, 5.41) is 2.65. The molecule has 0 radical (unpaired) electrons. The molecule has 0 aliphatic carbocycles. The van der Waals surface area contributed by atoms with Crippen LogP contribution in [0.2, 0.25) is 0 Å². The molecule has 0 saturated heterocycles. The molecule has 0 unspecified atom stereocenters. The monoisotopic (exact) mass is 643 g/mol. The SMILES string of the molecule is c1ccc(-c2ccc(-c3nc(-c4ccccc4)nc(-c4ccc(-c5ccc(-c6ccc7c(c6)sc6ccccc67)cc5)cc4)n3)cc2)cc1. The molecule has 0 amide bonds. The number of aromatic nitrogens is 3. The number of fused-ring (bicyclic) bond motifs is 3. The highest BCUT2D eigenvalue weighted by Crippen LogP contribution is 2.37. The summed E-state index contributed by atoms with van der Waals surface area (Å²) in [5.41, 5.74) is 9.93. The number of rotatable bonds is 6. The maximum absolute atomic E-state index is 4.96. The Morgan fingerprint density at radius 3 is 1.14 bits per heavy atom. The molecule has 0 bridgehead atoms. The predicted octanol–water partition coefficient (Wildman–Crippen LogP) is 12.2. The number of thiophene rings is 1. The first-order chi connectivity index (χ1) is 24.2. The van der Waals surface area contributed by atoms with Gasteiger partial charge >= 0.3 is 0 Å². The van der Waals surface area contributed by atoms with Crippen LogP contribution in [0.25, 0.3) is 87.7 Å². The maximum atomic E-state index is 4.96. The van der Waals surface area contributed by atoms with Gasteiger partial charge in [-0.2, -0.15) is 0 Å². The lowest BCUT2D eigenvalue weighted by Crippen LogP contribution is -2.00. The van der Waals surface area contributed by atoms with Crippen molar-refractivity contribution in [2.24, 2.45) is 0 Å². The summed E-state index contributed by atoms with van der Waals surface area (Å²) in [7, 11) is 0. The second kappa shape index (κ2) is 12.4. The smallest absolute Gasteiger partial charge is 0.164 e. The Balaban J connectivity index is 1.01. The molecule has 0 aliphatic rings. The Morgan fingerprint density at radius 2 is 0.612 bits per heavy atom. The summed E-state index contributed by atoms with van der Waals surface area (Å²) in [5.74, 6) is 1.95. The van der Waals surface area contributed by atoms with Crippen molar-refractivity contribution in [3.8, 4) is 67.5 Å². The molecule has 0 N–H and O–H groups in total. The molecule has 9 rings (SSSR count). The first kappa shape index (κ1) is 29.0. The van der Waals surface area contributed by atoms with E-state index in [-0.39, 0.29) is 0 Å². The van der Waals surface area contributed by atoms with E-state index in [1.165, 1.54) is 36.9 Å². The third-order valence-corrected chi connectivity index (χ3v) is 10.1. The lowest BCUT2D eigenvalue weighted by atomic mass is 9.99. The fourth-order valence-corrected chi connectivity index (χ4v) is 7.51. The van der Waals surface area contributed by atoms with E-state index in [0.29, 0.717) is 17.5 Å². The molecule has 7 aromatic carbocycles. The lowest BCUT2D eigenvalue weighted by molar-refractivity contribution is 1.07. The molecule has 3 nitrogen and oxygen atoms in total. The molecule has 49 heavy (non-hydrogen) atoms. The van der Waals surface area contributed by atoms with Crippen LogP contribution in [0.3, 0.4) is 0 Å². The van der Waals surface area contributed by atoms with E-state index in [4.69, 9.17) is 15.0 Å². The third kappa shape index (κ3) is 5.69. The Morgan fingerprint density at radius 1 is 0.265 bits per heavy atom. The minimum atomic E-state index is 0.648. The Kier molecular flexibility index (Phi) is 7.34. The van der Waals surface area contributed by atoms with Crippen molar-refractivity contribution in [3.05, 3.63) is 176 Å². The summed E-state index contributed by atoms with van der Waals surface area (Å²) in [6, 6.07) is 61.7. The molecule has 0 saturated carbocycles. The highest BCUT2D eigenvalue weighted by atomic mass is 32.1. The van der Waals surface area contributed by atoms with E-state index in [1.54, 1.807) is 0 Å². The number of hydrogen-bond donors (Lipinski definition) is 0. The van der Waals surface area contributed by atoms with Crippen molar-refractivity contribution in [2.75, 3.05) is 0 Å². The molecule has 0 atom stereocenters. The van der Waals surface area contributed by atoms with E-state index in [9.17, 15) is 0 Å². The first-order valence-corrected chi connectivity index (χ1v) is 17.2. The maximum Gasteiger partial charge on any atom is 0.164 e. The van der Waals surface area contributed by atoms with Crippen LogP contribution in [0.5, 0.6) is 0 Å². The zero-order chi connectivity index (χ0) is 32.6. The number of hydrogen-bond acceptors (Lipinski definition) is 4. The van der Waals surface area contributed by atoms with E-state index < -0.39 is 0 Å². The van der Waals surface area contributed by atoms with Gasteiger partial charge in [0.15, 0.2) is 17.5 Å². The minimum Gasteiger partial charge on any atom is -0.208 e. The zero-order valence-electron chi connectivity index (χ0n) is 26.5. The van der Waals surface area contributed by atoms with Crippen LogP contribution < -0.4 is 0 Å². The van der Waals surface area contributed by atoms with Gasteiger partial charge in [-0.1, -0.05) is 164 Å². The van der Waals surface area contributed by atoms with Gasteiger partial charge in [-0.25, -0.2) is 15.0 Å². The van der Waals surface area contributed by atoms with Gasteiger partial charge in [0.25, 0.3) is 0 Å². The summed E-state index contributed by atoms with van der Waals surface area (Å²) in [6.07, 6.45) is 0. The fraction of sp³-hybridized carbons (Fsp3) is 0. The fourth-order valence-electron chi connectivity index (χ4n) is 6.37. The Labute approximate surface area is 288 Å². The predicted molar refractivity (Wildman–Crippen MR) is 205 cm³/mol. The number of nitrogens with zero attached hydrogens (tertiary/aromatic N) is 3. The molecule has 0 aliphatic heterocycles. The van der Waals surface area contributed by atoms with Gasteiger partial charge in [0.05, 0.1) is 0 Å². The average Bonchev–Trinajstić information content (AvgIpc) is 3.57. The summed E-state index contributed by atoms with van der Waals surface area (Å²) >= 11 is 1.85. The quantitative estimate of drug-likeness (QED) is 0.181. The van der Waals surface area contributed by atoms with Crippen molar-refractivity contribution >= 4 is 31.5 Å². The van der Waals surface area contributed by atoms with Gasteiger partial charge in [0.2, 0.25) is 0 Å². The molecule has 2 heterocycles. The summed E-state index contributed by atoms with van der Waals surface area (Å²) < 4.78 is 2.65. The van der Waals surface area contributed by atoms with Crippen molar-refractivity contribution in [1.82, 2.24) is 15.0 Å². The lowest BCUT2D eigenvalue weighted by Gasteiger charge is -2.10. The van der Waals surface area contributed by atoms with Crippen molar-refractivity contribution in [1.29, 1.82) is 0 Å². The second-order valence-corrected chi connectivity index (χ2v) is 13.2. The third-order valence-electron chi connectivity index (χ3n) is 8.99. The largest absolute Gasteiger partial charge is 0.208 e. The molecular formula is C45H29N3S. The van der Waals surface area contributed by atoms with Crippen LogP contribution in [-0.4, -0.2) is 15.0 Å². The van der Waals surface area contributed by atoms with E-state index in [0.717, 1.165) is 33.4 Å². The molecule has 4 heteroatoms. The van der Waals surface area contributed by atoms with Gasteiger partial charge in [-0.05, 0) is 45.5 Å². The second-order valence-electron chi connectivity index (χ2n) is 12.1. The van der Waals surface area contributed by atoms with Gasteiger partial charge < -0.3 is 0 Å². The molecular weight excluding hydrogens is 615 g/mol. The van der Waals surface area contributed by atoms with E-state index in [2.05, 4.69) is 140 Å². The minimum absolute atomic E-state index is 0.648. The van der Waals surface area contributed by atoms with E-state index >= 15 is 0 Å². The zero-order valence-corrected chi connectivity index (χ0v) is 27.3. The molecule has 9 aromatic rings. The van der Waals surface area contributed by atoms with Crippen molar-refractivity contribution in [2.45, 2.75) is 0 Å². The average molecular weight is 644 g/mol. The highest BCUT2D eigenvalue weighted by molar-refractivity contribution is 7.25. The van der Waals surface area contributed by atoms with Crippen molar-refractivity contribution in [3.63, 3.8) is 0 Å². The first-order valence-electron chi connectivity index (χ1n) is 16.4. The van der Waals surface area contributed by atoms with Crippen molar-refractivity contribution < 1.29 is 0 Å². The van der Waals surface area contributed by atoms with Gasteiger partial charge in [-0.15, -0.1) is 11.3 Å². The van der Waals surface area contributed by atoms with Crippen LogP contribution in [0.15, 0.2) is 176 Å². The Hall–Kier alpha value is -6.23. The van der Waals surface area contributed by atoms with Gasteiger partial charge in [-0.3, -0.25) is 0 Å². The molecule has 0 spiro atoms. The topological polar surface area (TPSA) is 38.7 Å². The molecule has 0 fully saturated rings. The summed E-state index contributed by atoms with van der Waals surface area (Å²) in [4.78, 5) is 14.8. The van der Waals surface area contributed by atoms with Crippen LogP contribution in [0.4, 0.5) is 0 Å².